The van der Waals surface area contributed by atoms with E-state index < -0.39 is 0 Å². The number of amides is 1. The van der Waals surface area contributed by atoms with Gasteiger partial charge in [0.05, 0.1) is 26.9 Å². The quantitative estimate of drug-likeness (QED) is 0.889. The number of rotatable bonds is 5. The first kappa shape index (κ1) is 14.6. The van der Waals surface area contributed by atoms with E-state index in [0.717, 1.165) is 42.0 Å². The van der Waals surface area contributed by atoms with E-state index in [-0.39, 0.29) is 18.1 Å². The second-order valence-electron chi connectivity index (χ2n) is 5.49. The molecule has 2 aliphatic heterocycles. The fourth-order valence-corrected chi connectivity index (χ4v) is 4.60. The number of fused-ring (bicyclic) bond motifs is 2. The van der Waals surface area contributed by atoms with E-state index in [1.54, 1.807) is 0 Å². The first-order valence-electron chi connectivity index (χ1n) is 7.00. The number of thiophene rings is 1. The molecule has 3 rings (SSSR count). The molecule has 0 aromatic carbocycles. The van der Waals surface area contributed by atoms with Gasteiger partial charge in [0.25, 0.3) is 0 Å². The minimum absolute atomic E-state index is 0.114. The molecule has 20 heavy (non-hydrogen) atoms. The lowest BCUT2D eigenvalue weighted by atomic mass is 9.95. The highest BCUT2D eigenvalue weighted by atomic mass is 35.5. The van der Waals surface area contributed by atoms with Gasteiger partial charge in [0.1, 0.15) is 0 Å². The molecule has 2 fully saturated rings. The number of hydrogen-bond acceptors (Lipinski definition) is 3. The van der Waals surface area contributed by atoms with Crippen LogP contribution in [0.3, 0.4) is 0 Å². The summed E-state index contributed by atoms with van der Waals surface area (Å²) >= 11 is 13.3. The highest BCUT2D eigenvalue weighted by molar-refractivity contribution is 7.20. The van der Waals surface area contributed by atoms with E-state index in [9.17, 15) is 4.79 Å². The molecular formula is C14H17Cl2NO2S. The third-order valence-electron chi connectivity index (χ3n) is 4.03. The Balaban J connectivity index is 1.40. The highest BCUT2D eigenvalue weighted by Crippen LogP contribution is 2.34. The topological polar surface area (TPSA) is 38.3 Å². The summed E-state index contributed by atoms with van der Waals surface area (Å²) in [4.78, 5) is 11.9. The van der Waals surface area contributed by atoms with Crippen LogP contribution in [0.1, 0.15) is 37.7 Å². The smallest absolute Gasteiger partial charge is 0.220 e. The van der Waals surface area contributed by atoms with E-state index in [4.69, 9.17) is 27.9 Å². The Morgan fingerprint density at radius 3 is 2.90 bits per heavy atom. The highest BCUT2D eigenvalue weighted by Gasteiger charge is 2.41. The van der Waals surface area contributed by atoms with Crippen LogP contribution in [0.25, 0.3) is 0 Å². The molecule has 2 bridgehead atoms. The molecule has 0 aliphatic carbocycles. The summed E-state index contributed by atoms with van der Waals surface area (Å²) in [5.74, 6) is 0.114. The third-order valence-corrected chi connectivity index (χ3v) is 5.60. The van der Waals surface area contributed by atoms with Gasteiger partial charge in [-0.2, -0.15) is 0 Å². The normalized spacial score (nSPS) is 28.0. The first-order chi connectivity index (χ1) is 9.61. The molecule has 2 aliphatic rings. The Bertz CT molecular complexity index is 505. The van der Waals surface area contributed by atoms with E-state index >= 15 is 0 Å². The molecule has 3 heterocycles. The number of halogens is 2. The van der Waals surface area contributed by atoms with Crippen LogP contribution >= 0.6 is 34.5 Å². The predicted molar refractivity (Wildman–Crippen MR) is 81.7 cm³/mol. The summed E-state index contributed by atoms with van der Waals surface area (Å²) < 4.78 is 7.17. The summed E-state index contributed by atoms with van der Waals surface area (Å²) in [7, 11) is 0. The summed E-state index contributed by atoms with van der Waals surface area (Å²) in [6.45, 7) is 0. The SMILES string of the molecule is O=C(CCCc1cc(Cl)sc1Cl)N[C@@H]1C[C@H]2CC[C@@H]1O2. The molecule has 0 spiro atoms. The average molecular weight is 334 g/mol. The van der Waals surface area contributed by atoms with E-state index in [1.807, 2.05) is 6.07 Å². The van der Waals surface area contributed by atoms with Crippen LogP contribution in [0, 0.1) is 0 Å². The van der Waals surface area contributed by atoms with E-state index in [0.29, 0.717) is 16.9 Å². The molecule has 110 valence electrons. The van der Waals surface area contributed by atoms with Crippen LogP contribution < -0.4 is 5.32 Å². The van der Waals surface area contributed by atoms with Gasteiger partial charge in [-0.1, -0.05) is 23.2 Å². The molecule has 1 amide bonds. The maximum absolute atomic E-state index is 11.9. The van der Waals surface area contributed by atoms with Crippen molar-refractivity contribution in [2.24, 2.45) is 0 Å². The Labute approximate surface area is 132 Å². The van der Waals surface area contributed by atoms with Crippen molar-refractivity contribution in [3.63, 3.8) is 0 Å². The van der Waals surface area contributed by atoms with Gasteiger partial charge in [-0.3, -0.25) is 4.79 Å². The second-order valence-corrected chi connectivity index (χ2v) is 7.77. The van der Waals surface area contributed by atoms with Gasteiger partial charge in [0.15, 0.2) is 0 Å². The number of carbonyl (C=O) groups is 1. The number of carbonyl (C=O) groups excluding carboxylic acids is 1. The van der Waals surface area contributed by atoms with Gasteiger partial charge in [-0.05, 0) is 43.7 Å². The van der Waals surface area contributed by atoms with Crippen molar-refractivity contribution in [2.75, 3.05) is 0 Å². The second kappa shape index (κ2) is 6.22. The van der Waals surface area contributed by atoms with Crippen LogP contribution in [-0.2, 0) is 16.0 Å². The van der Waals surface area contributed by atoms with Crippen molar-refractivity contribution < 1.29 is 9.53 Å². The Morgan fingerprint density at radius 1 is 1.45 bits per heavy atom. The lowest BCUT2D eigenvalue weighted by Gasteiger charge is -2.19. The van der Waals surface area contributed by atoms with Crippen molar-refractivity contribution in [3.05, 3.63) is 20.3 Å². The Hall–Kier alpha value is -0.290. The van der Waals surface area contributed by atoms with Crippen LogP contribution in [-0.4, -0.2) is 24.2 Å². The van der Waals surface area contributed by atoms with Crippen molar-refractivity contribution in [2.45, 2.75) is 56.8 Å². The number of nitrogens with one attached hydrogen (secondary N) is 1. The molecule has 3 atom stereocenters. The van der Waals surface area contributed by atoms with Gasteiger partial charge >= 0.3 is 0 Å². The molecule has 0 radical (unpaired) electrons. The van der Waals surface area contributed by atoms with Crippen LogP contribution in [0.2, 0.25) is 8.67 Å². The first-order valence-corrected chi connectivity index (χ1v) is 8.57. The molecule has 1 aromatic rings. The maximum Gasteiger partial charge on any atom is 0.220 e. The largest absolute Gasteiger partial charge is 0.373 e. The molecule has 1 aromatic heterocycles. The number of ether oxygens (including phenoxy) is 1. The van der Waals surface area contributed by atoms with Gasteiger partial charge in [0, 0.05) is 6.42 Å². The van der Waals surface area contributed by atoms with Gasteiger partial charge in [-0.15, -0.1) is 11.3 Å². The van der Waals surface area contributed by atoms with Crippen molar-refractivity contribution in [1.82, 2.24) is 5.32 Å². The summed E-state index contributed by atoms with van der Waals surface area (Å²) in [5.41, 5.74) is 1.04. The molecule has 0 saturated carbocycles. The van der Waals surface area contributed by atoms with E-state index in [2.05, 4.69) is 5.32 Å². The van der Waals surface area contributed by atoms with Gasteiger partial charge in [-0.25, -0.2) is 0 Å². The van der Waals surface area contributed by atoms with Crippen molar-refractivity contribution in [3.8, 4) is 0 Å². The average Bonchev–Trinajstić information content (AvgIpc) is 3.06. The van der Waals surface area contributed by atoms with Crippen LogP contribution in [0.5, 0.6) is 0 Å². The third kappa shape index (κ3) is 3.30. The summed E-state index contributed by atoms with van der Waals surface area (Å²) in [6, 6.07) is 2.11. The van der Waals surface area contributed by atoms with E-state index in [1.165, 1.54) is 11.3 Å². The predicted octanol–water partition coefficient (Wildman–Crippen LogP) is 3.81. The lowest BCUT2D eigenvalue weighted by molar-refractivity contribution is -0.122. The Kier molecular flexibility index (Phi) is 4.55. The zero-order valence-electron chi connectivity index (χ0n) is 11.0. The zero-order valence-corrected chi connectivity index (χ0v) is 13.4. The molecule has 1 N–H and O–H groups in total. The standard InChI is InChI=1S/C14H17Cl2NO2S/c15-12-6-8(14(16)20-12)2-1-3-13(18)17-10-7-9-4-5-11(10)19-9/h6,9-11H,1-5,7H2,(H,17,18)/t9-,10-,11+/m1/s1. The van der Waals surface area contributed by atoms with Crippen molar-refractivity contribution >= 4 is 40.4 Å². The fraction of sp³-hybridized carbons (Fsp3) is 0.643. The van der Waals surface area contributed by atoms with Gasteiger partial charge in [0.2, 0.25) is 5.91 Å². The molecule has 2 saturated heterocycles. The summed E-state index contributed by atoms with van der Waals surface area (Å²) in [6.07, 6.45) is 5.93. The monoisotopic (exact) mass is 333 g/mol. The molecular weight excluding hydrogens is 317 g/mol. The fourth-order valence-electron chi connectivity index (χ4n) is 3.05. The minimum atomic E-state index is 0.114. The summed E-state index contributed by atoms with van der Waals surface area (Å²) in [5, 5.41) is 3.10. The van der Waals surface area contributed by atoms with Crippen LogP contribution in [0.15, 0.2) is 6.07 Å². The molecule has 6 heteroatoms. The molecule has 0 unspecified atom stereocenters. The van der Waals surface area contributed by atoms with Crippen LogP contribution in [0.4, 0.5) is 0 Å². The maximum atomic E-state index is 11.9. The minimum Gasteiger partial charge on any atom is -0.373 e. The van der Waals surface area contributed by atoms with Crippen molar-refractivity contribution in [1.29, 1.82) is 0 Å². The molecule has 3 nitrogen and oxygen atoms in total. The number of aryl methyl sites for hydroxylation is 1. The Morgan fingerprint density at radius 2 is 2.30 bits per heavy atom. The zero-order chi connectivity index (χ0) is 14.1. The van der Waals surface area contributed by atoms with Gasteiger partial charge < -0.3 is 10.1 Å². The number of hydrogen-bond donors (Lipinski definition) is 1. The lowest BCUT2D eigenvalue weighted by Crippen LogP contribution is -2.41.